The maximum Gasteiger partial charge on any atom is 0.120 e. The minimum Gasteiger partial charge on any atom is -0.491 e. The first-order valence-corrected chi connectivity index (χ1v) is 8.38. The summed E-state index contributed by atoms with van der Waals surface area (Å²) in [5.74, 6) is 1.67. The molecule has 0 bridgehead atoms. The van der Waals surface area contributed by atoms with Gasteiger partial charge in [-0.25, -0.2) is 0 Å². The van der Waals surface area contributed by atoms with Gasteiger partial charge in [0.2, 0.25) is 0 Å². The summed E-state index contributed by atoms with van der Waals surface area (Å²) < 4.78 is 5.86. The van der Waals surface area contributed by atoms with Gasteiger partial charge in [-0.2, -0.15) is 0 Å². The van der Waals surface area contributed by atoms with Crippen molar-refractivity contribution in [1.29, 1.82) is 0 Å². The molecule has 0 radical (unpaired) electrons. The molecule has 1 N–H and O–H groups in total. The summed E-state index contributed by atoms with van der Waals surface area (Å²) >= 11 is 0. The first-order chi connectivity index (χ1) is 9.94. The molecule has 0 saturated heterocycles. The Kier molecular flexibility index (Phi) is 5.32. The van der Waals surface area contributed by atoms with E-state index in [4.69, 9.17) is 4.74 Å². The van der Waals surface area contributed by atoms with Crippen molar-refractivity contribution in [2.24, 2.45) is 11.3 Å². The Bertz CT molecular complexity index is 453. The van der Waals surface area contributed by atoms with Crippen molar-refractivity contribution in [3.05, 3.63) is 29.8 Å². The first kappa shape index (κ1) is 16.4. The predicted octanol–water partition coefficient (Wildman–Crippen LogP) is 4.95. The van der Waals surface area contributed by atoms with Crippen LogP contribution in [-0.4, -0.2) is 13.2 Å². The molecule has 1 aliphatic carbocycles. The molecular weight excluding hydrogens is 258 g/mol. The Balaban J connectivity index is 2.24. The number of nitrogens with one attached hydrogen (secondary N) is 1. The largest absolute Gasteiger partial charge is 0.491 e. The van der Waals surface area contributed by atoms with Crippen LogP contribution in [0.2, 0.25) is 0 Å². The molecule has 0 spiro atoms. The highest BCUT2D eigenvalue weighted by Crippen LogP contribution is 2.46. The summed E-state index contributed by atoms with van der Waals surface area (Å²) in [6.45, 7) is 9.00. The van der Waals surface area contributed by atoms with Crippen LogP contribution in [0.15, 0.2) is 24.3 Å². The fourth-order valence-corrected chi connectivity index (χ4v) is 3.79. The van der Waals surface area contributed by atoms with Gasteiger partial charge in [-0.05, 0) is 62.8 Å². The number of rotatable bonds is 5. The third-order valence-electron chi connectivity index (χ3n) is 4.89. The van der Waals surface area contributed by atoms with Gasteiger partial charge in [-0.15, -0.1) is 0 Å². The van der Waals surface area contributed by atoms with E-state index in [0.717, 1.165) is 5.75 Å². The maximum atomic E-state index is 5.86. The third-order valence-corrected chi connectivity index (χ3v) is 4.89. The van der Waals surface area contributed by atoms with E-state index in [9.17, 15) is 0 Å². The molecule has 2 atom stereocenters. The van der Waals surface area contributed by atoms with Crippen LogP contribution in [-0.2, 0) is 0 Å². The van der Waals surface area contributed by atoms with E-state index >= 15 is 0 Å². The standard InChI is InChI=1S/C19H31NO/c1-14(2)21-16-10-8-9-15(13-16)18(20-5)17-11-6-7-12-19(17,3)4/h8-10,13-14,17-18,20H,6-7,11-12H2,1-5H3. The Morgan fingerprint density at radius 1 is 1.24 bits per heavy atom. The second kappa shape index (κ2) is 6.83. The van der Waals surface area contributed by atoms with Crippen LogP contribution >= 0.6 is 0 Å². The Labute approximate surface area is 130 Å². The summed E-state index contributed by atoms with van der Waals surface area (Å²) in [6, 6.07) is 9.04. The predicted molar refractivity (Wildman–Crippen MR) is 89.7 cm³/mol. The molecule has 2 heteroatoms. The van der Waals surface area contributed by atoms with E-state index in [2.05, 4.69) is 64.3 Å². The smallest absolute Gasteiger partial charge is 0.120 e. The van der Waals surface area contributed by atoms with Gasteiger partial charge >= 0.3 is 0 Å². The van der Waals surface area contributed by atoms with Gasteiger partial charge in [-0.3, -0.25) is 0 Å². The number of hydrogen-bond acceptors (Lipinski definition) is 2. The average molecular weight is 289 g/mol. The molecule has 2 unspecified atom stereocenters. The van der Waals surface area contributed by atoms with Crippen LogP contribution in [0.1, 0.15) is 65.0 Å². The summed E-state index contributed by atoms with van der Waals surface area (Å²) in [6.07, 6.45) is 5.59. The highest BCUT2D eigenvalue weighted by Gasteiger charge is 2.37. The Morgan fingerprint density at radius 2 is 2.00 bits per heavy atom. The zero-order chi connectivity index (χ0) is 15.5. The lowest BCUT2D eigenvalue weighted by Gasteiger charge is -2.43. The van der Waals surface area contributed by atoms with Crippen LogP contribution in [0.4, 0.5) is 0 Å². The highest BCUT2D eigenvalue weighted by atomic mass is 16.5. The fraction of sp³-hybridized carbons (Fsp3) is 0.684. The van der Waals surface area contributed by atoms with Gasteiger partial charge in [0.05, 0.1) is 6.10 Å². The maximum absolute atomic E-state index is 5.86. The topological polar surface area (TPSA) is 21.3 Å². The van der Waals surface area contributed by atoms with Crippen molar-refractivity contribution >= 4 is 0 Å². The quantitative estimate of drug-likeness (QED) is 0.828. The van der Waals surface area contributed by atoms with Crippen molar-refractivity contribution in [3.8, 4) is 5.75 Å². The van der Waals surface area contributed by atoms with Gasteiger partial charge < -0.3 is 10.1 Å². The zero-order valence-corrected chi connectivity index (χ0v) is 14.3. The molecule has 118 valence electrons. The summed E-state index contributed by atoms with van der Waals surface area (Å²) in [4.78, 5) is 0. The van der Waals surface area contributed by atoms with Crippen LogP contribution in [0.3, 0.4) is 0 Å². The summed E-state index contributed by atoms with van der Waals surface area (Å²) in [5.41, 5.74) is 1.76. The molecule has 1 aromatic carbocycles. The lowest BCUT2D eigenvalue weighted by atomic mass is 9.65. The molecule has 1 aromatic rings. The fourth-order valence-electron chi connectivity index (χ4n) is 3.79. The minimum absolute atomic E-state index is 0.222. The summed E-state index contributed by atoms with van der Waals surface area (Å²) in [7, 11) is 2.09. The van der Waals surface area contributed by atoms with Crippen LogP contribution < -0.4 is 10.1 Å². The van der Waals surface area contributed by atoms with Gasteiger partial charge in [0, 0.05) is 6.04 Å². The zero-order valence-electron chi connectivity index (χ0n) is 14.3. The normalized spacial score (nSPS) is 23.0. The van der Waals surface area contributed by atoms with E-state index in [1.54, 1.807) is 0 Å². The third kappa shape index (κ3) is 4.00. The van der Waals surface area contributed by atoms with E-state index < -0.39 is 0 Å². The lowest BCUT2D eigenvalue weighted by Crippen LogP contribution is -2.37. The number of benzene rings is 1. The monoisotopic (exact) mass is 289 g/mol. The Hall–Kier alpha value is -1.02. The van der Waals surface area contributed by atoms with Crippen molar-refractivity contribution in [3.63, 3.8) is 0 Å². The highest BCUT2D eigenvalue weighted by molar-refractivity contribution is 5.31. The van der Waals surface area contributed by atoms with Gasteiger partial charge in [0.25, 0.3) is 0 Å². The van der Waals surface area contributed by atoms with E-state index in [1.807, 2.05) is 0 Å². The van der Waals surface area contributed by atoms with Crippen molar-refractivity contribution in [2.75, 3.05) is 7.05 Å². The van der Waals surface area contributed by atoms with E-state index in [0.29, 0.717) is 17.4 Å². The van der Waals surface area contributed by atoms with E-state index in [1.165, 1.54) is 31.2 Å². The van der Waals surface area contributed by atoms with Gasteiger partial charge in [0.1, 0.15) is 5.75 Å². The molecule has 0 heterocycles. The van der Waals surface area contributed by atoms with Gasteiger partial charge in [-0.1, -0.05) is 38.8 Å². The van der Waals surface area contributed by atoms with Crippen LogP contribution in [0.5, 0.6) is 5.75 Å². The van der Waals surface area contributed by atoms with E-state index in [-0.39, 0.29) is 6.10 Å². The SMILES string of the molecule is CNC(c1cccc(OC(C)C)c1)C1CCCCC1(C)C. The molecule has 2 rings (SSSR count). The lowest BCUT2D eigenvalue weighted by molar-refractivity contribution is 0.101. The first-order valence-electron chi connectivity index (χ1n) is 8.38. The van der Waals surface area contributed by atoms with Crippen molar-refractivity contribution in [1.82, 2.24) is 5.32 Å². The second-order valence-corrected chi connectivity index (χ2v) is 7.35. The van der Waals surface area contributed by atoms with Crippen molar-refractivity contribution in [2.45, 2.75) is 65.5 Å². The Morgan fingerprint density at radius 3 is 2.62 bits per heavy atom. The van der Waals surface area contributed by atoms with Crippen LogP contribution in [0.25, 0.3) is 0 Å². The molecular formula is C19H31NO. The molecule has 0 amide bonds. The molecule has 1 fully saturated rings. The summed E-state index contributed by atoms with van der Waals surface area (Å²) in [5, 5.41) is 3.57. The number of hydrogen-bond donors (Lipinski definition) is 1. The minimum atomic E-state index is 0.222. The average Bonchev–Trinajstić information content (AvgIpc) is 2.41. The van der Waals surface area contributed by atoms with Gasteiger partial charge in [0.15, 0.2) is 0 Å². The molecule has 1 aliphatic rings. The molecule has 0 aliphatic heterocycles. The molecule has 2 nitrogen and oxygen atoms in total. The number of ether oxygens (including phenoxy) is 1. The van der Waals surface area contributed by atoms with Crippen LogP contribution in [0, 0.1) is 11.3 Å². The van der Waals surface area contributed by atoms with Crippen molar-refractivity contribution < 1.29 is 4.74 Å². The molecule has 21 heavy (non-hydrogen) atoms. The second-order valence-electron chi connectivity index (χ2n) is 7.35. The molecule has 1 saturated carbocycles. The molecule has 0 aromatic heterocycles.